The maximum atomic E-state index is 4.44. The Hall–Kier alpha value is -3.52. The summed E-state index contributed by atoms with van der Waals surface area (Å²) in [6, 6.07) is 12.5. The molecule has 0 unspecified atom stereocenters. The molecule has 220 valence electrons. The minimum Gasteiger partial charge on any atom is -1.00 e. The van der Waals surface area contributed by atoms with Crippen molar-refractivity contribution in [3.8, 4) is 0 Å². The van der Waals surface area contributed by atoms with Gasteiger partial charge in [0.1, 0.15) is 11.4 Å². The van der Waals surface area contributed by atoms with Crippen molar-refractivity contribution < 1.29 is 43.1 Å². The first-order valence-corrected chi connectivity index (χ1v) is 12.9. The van der Waals surface area contributed by atoms with E-state index in [1.165, 1.54) is 0 Å². The number of aryl methyl sites for hydroxylation is 6. The summed E-state index contributed by atoms with van der Waals surface area (Å²) >= 11 is 0. The molecule has 0 radical (unpaired) electrons. The molecule has 2 aromatic carbocycles. The van der Waals surface area contributed by atoms with Crippen molar-refractivity contribution in [3.63, 3.8) is 0 Å². The van der Waals surface area contributed by atoms with E-state index in [-0.39, 0.29) is 34.0 Å². The van der Waals surface area contributed by atoms with Crippen LogP contribution in [-0.2, 0) is 28.2 Å². The van der Waals surface area contributed by atoms with Crippen LogP contribution in [0.15, 0.2) is 69.5 Å². The molecular formula is C27H38Br2N12. The smallest absolute Gasteiger partial charge is 0.403 e. The SMILES string of the molecule is Cc1cc(N(C)CCCN(C)c2ccc(/N=N/c3n(C)nc[n+]3C)c(C)c2)ccc1/N=N/c1n(C)nc[n+]1C.[Br-].[Br-]. The van der Waals surface area contributed by atoms with E-state index >= 15 is 0 Å². The van der Waals surface area contributed by atoms with Gasteiger partial charge in [-0.3, -0.25) is 0 Å². The van der Waals surface area contributed by atoms with E-state index in [1.54, 1.807) is 22.0 Å². The summed E-state index contributed by atoms with van der Waals surface area (Å²) in [7, 11) is 11.7. The monoisotopic (exact) mass is 688 g/mol. The molecule has 4 rings (SSSR count). The first kappa shape index (κ1) is 33.7. The zero-order valence-electron chi connectivity index (χ0n) is 24.9. The molecule has 0 N–H and O–H groups in total. The Labute approximate surface area is 262 Å². The van der Waals surface area contributed by atoms with Gasteiger partial charge in [-0.25, -0.2) is 9.13 Å². The van der Waals surface area contributed by atoms with Crippen molar-refractivity contribution >= 4 is 34.6 Å². The van der Waals surface area contributed by atoms with Crippen LogP contribution in [0.4, 0.5) is 34.6 Å². The molecule has 0 saturated heterocycles. The number of hydrogen-bond acceptors (Lipinski definition) is 8. The molecule has 0 aliphatic heterocycles. The van der Waals surface area contributed by atoms with E-state index in [4.69, 9.17) is 0 Å². The van der Waals surface area contributed by atoms with E-state index in [1.807, 2.05) is 49.5 Å². The Balaban J connectivity index is 0.00000294. The summed E-state index contributed by atoms with van der Waals surface area (Å²) in [6.07, 6.45) is 4.44. The van der Waals surface area contributed by atoms with E-state index in [0.29, 0.717) is 11.9 Å². The number of benzene rings is 2. The van der Waals surface area contributed by atoms with Crippen LogP contribution >= 0.6 is 0 Å². The topological polar surface area (TPSA) is 99.3 Å². The molecule has 0 fully saturated rings. The lowest BCUT2D eigenvalue weighted by Crippen LogP contribution is -3.00. The molecule has 0 atom stereocenters. The molecule has 2 aromatic heterocycles. The van der Waals surface area contributed by atoms with Gasteiger partial charge in [0.2, 0.25) is 12.7 Å². The first-order chi connectivity index (χ1) is 18.6. The third-order valence-electron chi connectivity index (χ3n) is 6.73. The molecule has 4 aromatic rings. The van der Waals surface area contributed by atoms with Crippen LogP contribution in [0.1, 0.15) is 17.5 Å². The third kappa shape index (κ3) is 8.26. The average molecular weight is 690 g/mol. The molecule has 0 aliphatic rings. The molecule has 0 saturated carbocycles. The highest BCUT2D eigenvalue weighted by Crippen LogP contribution is 2.27. The largest absolute Gasteiger partial charge is 1.00 e. The number of aromatic nitrogens is 6. The number of hydrogen-bond donors (Lipinski definition) is 0. The van der Waals surface area contributed by atoms with Gasteiger partial charge in [0.25, 0.3) is 0 Å². The highest BCUT2D eigenvalue weighted by molar-refractivity contribution is 5.58. The van der Waals surface area contributed by atoms with Gasteiger partial charge in [0.15, 0.2) is 0 Å². The quantitative estimate of drug-likeness (QED) is 0.145. The van der Waals surface area contributed by atoms with Gasteiger partial charge in [-0.05, 0) is 78.0 Å². The van der Waals surface area contributed by atoms with Crippen LogP contribution in [0.2, 0.25) is 0 Å². The van der Waals surface area contributed by atoms with E-state index in [0.717, 1.165) is 53.4 Å². The molecule has 0 amide bonds. The van der Waals surface area contributed by atoms with Crippen molar-refractivity contribution in [1.29, 1.82) is 0 Å². The normalized spacial score (nSPS) is 11.1. The summed E-state index contributed by atoms with van der Waals surface area (Å²) in [6.45, 7) is 5.99. The molecule has 0 aliphatic carbocycles. The zero-order chi connectivity index (χ0) is 28.1. The standard InChI is InChI=1S/C27H38N12.2BrH/c1-20-16-22(10-12-24(20)30-32-26-36(5)18-28-38(26)7)34(3)14-9-15-35(4)23-11-13-25(21(2)17-23)31-33-27-37(6)19-29-39(27)8;;/h10-13,16-19H,9,14-15H2,1-8H3;2*1H/q+2;;/p-2. The molecular weight excluding hydrogens is 652 g/mol. The second-order valence-electron chi connectivity index (χ2n) is 9.87. The summed E-state index contributed by atoms with van der Waals surface area (Å²) in [4.78, 5) is 4.55. The maximum Gasteiger partial charge on any atom is 0.403 e. The van der Waals surface area contributed by atoms with Crippen molar-refractivity contribution in [2.75, 3.05) is 37.0 Å². The summed E-state index contributed by atoms with van der Waals surface area (Å²) < 4.78 is 7.07. The third-order valence-corrected chi connectivity index (χ3v) is 6.73. The van der Waals surface area contributed by atoms with Gasteiger partial charge in [-0.2, -0.15) is 0 Å². The lowest BCUT2D eigenvalue weighted by atomic mass is 10.1. The minimum atomic E-state index is 0. The number of azo groups is 2. The minimum absolute atomic E-state index is 0. The van der Waals surface area contributed by atoms with Crippen molar-refractivity contribution in [3.05, 3.63) is 60.2 Å². The van der Waals surface area contributed by atoms with Gasteiger partial charge >= 0.3 is 11.9 Å². The number of nitrogens with zero attached hydrogens (tertiary/aromatic N) is 12. The van der Waals surface area contributed by atoms with Crippen molar-refractivity contribution in [2.45, 2.75) is 20.3 Å². The predicted molar refractivity (Wildman–Crippen MR) is 151 cm³/mol. The van der Waals surface area contributed by atoms with Crippen molar-refractivity contribution in [2.24, 2.45) is 48.6 Å². The average Bonchev–Trinajstić information content (AvgIpc) is 3.41. The number of halogens is 2. The maximum absolute atomic E-state index is 4.44. The zero-order valence-corrected chi connectivity index (χ0v) is 28.0. The van der Waals surface area contributed by atoms with Crippen LogP contribution in [0.5, 0.6) is 0 Å². The Kier molecular flexibility index (Phi) is 12.3. The van der Waals surface area contributed by atoms with Gasteiger partial charge < -0.3 is 43.8 Å². The second kappa shape index (κ2) is 14.9. The van der Waals surface area contributed by atoms with E-state index in [2.05, 4.69) is 92.7 Å². The lowest BCUT2D eigenvalue weighted by Gasteiger charge is -2.24. The Bertz CT molecular complexity index is 1360. The molecule has 14 heteroatoms. The van der Waals surface area contributed by atoms with E-state index < -0.39 is 0 Å². The van der Waals surface area contributed by atoms with Gasteiger partial charge in [-0.15, -0.1) is 9.36 Å². The predicted octanol–water partition coefficient (Wildman–Crippen LogP) is -1.78. The molecule has 2 heterocycles. The van der Waals surface area contributed by atoms with Crippen LogP contribution < -0.4 is 52.9 Å². The highest BCUT2D eigenvalue weighted by Gasteiger charge is 2.14. The van der Waals surface area contributed by atoms with Gasteiger partial charge in [-0.1, -0.05) is 10.2 Å². The van der Waals surface area contributed by atoms with Crippen molar-refractivity contribution in [1.82, 2.24) is 19.6 Å². The van der Waals surface area contributed by atoms with Crippen LogP contribution in [0, 0.1) is 13.8 Å². The second-order valence-corrected chi connectivity index (χ2v) is 9.87. The number of anilines is 2. The molecule has 0 spiro atoms. The van der Waals surface area contributed by atoms with Crippen LogP contribution in [0.25, 0.3) is 0 Å². The molecule has 0 bridgehead atoms. The van der Waals surface area contributed by atoms with Crippen LogP contribution in [-0.4, -0.2) is 46.7 Å². The fourth-order valence-electron chi connectivity index (χ4n) is 4.22. The lowest BCUT2D eigenvalue weighted by molar-refractivity contribution is -0.659. The Morgan fingerprint density at radius 3 is 1.39 bits per heavy atom. The van der Waals surface area contributed by atoms with Crippen LogP contribution in [0.3, 0.4) is 0 Å². The molecule has 41 heavy (non-hydrogen) atoms. The summed E-state index contributed by atoms with van der Waals surface area (Å²) in [5, 5.41) is 26.0. The fourth-order valence-corrected chi connectivity index (χ4v) is 4.22. The fraction of sp³-hybridized carbons (Fsp3) is 0.407. The molecule has 12 nitrogen and oxygen atoms in total. The summed E-state index contributed by atoms with van der Waals surface area (Å²) in [5.41, 5.74) is 6.17. The highest BCUT2D eigenvalue weighted by atomic mass is 79.9. The Morgan fingerprint density at radius 2 is 1.07 bits per heavy atom. The van der Waals surface area contributed by atoms with Gasteiger partial charge in [0.05, 0.1) is 28.2 Å². The van der Waals surface area contributed by atoms with Gasteiger partial charge in [0, 0.05) is 48.8 Å². The number of rotatable bonds is 10. The summed E-state index contributed by atoms with van der Waals surface area (Å²) in [5.74, 6) is 1.38. The Morgan fingerprint density at radius 1 is 0.683 bits per heavy atom. The van der Waals surface area contributed by atoms with E-state index in [9.17, 15) is 0 Å². The first-order valence-electron chi connectivity index (χ1n) is 12.9.